The van der Waals surface area contributed by atoms with E-state index < -0.39 is 0 Å². The van der Waals surface area contributed by atoms with Gasteiger partial charge in [0.2, 0.25) is 11.9 Å². The van der Waals surface area contributed by atoms with Gasteiger partial charge in [-0.2, -0.15) is 0 Å². The Morgan fingerprint density at radius 3 is 2.73 bits per heavy atom. The van der Waals surface area contributed by atoms with E-state index >= 15 is 0 Å². The number of carbonyl (C=O) groups is 1. The van der Waals surface area contributed by atoms with Crippen LogP contribution in [0.15, 0.2) is 35.0 Å². The second kappa shape index (κ2) is 8.44. The van der Waals surface area contributed by atoms with E-state index in [4.69, 9.17) is 21.9 Å². The highest BCUT2D eigenvalue weighted by Gasteiger charge is 2.32. The van der Waals surface area contributed by atoms with Crippen LogP contribution >= 0.6 is 11.6 Å². The smallest absolute Gasteiger partial charge is 0.227 e. The first-order chi connectivity index (χ1) is 14.4. The van der Waals surface area contributed by atoms with Crippen molar-refractivity contribution < 1.29 is 9.32 Å². The maximum absolute atomic E-state index is 13.3. The van der Waals surface area contributed by atoms with Crippen LogP contribution in [0.25, 0.3) is 11.1 Å². The molecule has 1 fully saturated rings. The van der Waals surface area contributed by atoms with Crippen molar-refractivity contribution in [2.75, 3.05) is 12.3 Å². The van der Waals surface area contributed by atoms with Crippen molar-refractivity contribution in [2.45, 2.75) is 45.6 Å². The number of carbonyl (C=O) groups excluding carboxylic acids is 1. The second-order valence-electron chi connectivity index (χ2n) is 7.61. The fraction of sp³-hybridized carbons (Fsp3) is 0.364. The third-order valence-corrected chi connectivity index (χ3v) is 5.89. The van der Waals surface area contributed by atoms with Gasteiger partial charge in [0.15, 0.2) is 0 Å². The minimum Gasteiger partial charge on any atom is -0.368 e. The van der Waals surface area contributed by atoms with E-state index in [1.807, 2.05) is 43.0 Å². The highest BCUT2D eigenvalue weighted by molar-refractivity contribution is 6.30. The number of benzene rings is 1. The van der Waals surface area contributed by atoms with Crippen LogP contribution in [0.5, 0.6) is 0 Å². The molecule has 4 rings (SSSR count). The largest absolute Gasteiger partial charge is 0.368 e. The van der Waals surface area contributed by atoms with Crippen LogP contribution in [0.3, 0.4) is 0 Å². The first-order valence-electron chi connectivity index (χ1n) is 10.0. The van der Waals surface area contributed by atoms with E-state index in [9.17, 15) is 4.79 Å². The average Bonchev–Trinajstić information content (AvgIpc) is 3.06. The topological polar surface area (TPSA) is 98.1 Å². The first-order valence-corrected chi connectivity index (χ1v) is 10.4. The third-order valence-electron chi connectivity index (χ3n) is 5.64. The normalized spacial score (nSPS) is 16.6. The zero-order valence-electron chi connectivity index (χ0n) is 17.1. The molecule has 156 valence electrons. The van der Waals surface area contributed by atoms with Crippen molar-refractivity contribution >= 4 is 23.5 Å². The van der Waals surface area contributed by atoms with Crippen molar-refractivity contribution in [3.8, 4) is 11.1 Å². The summed E-state index contributed by atoms with van der Waals surface area (Å²) in [5.74, 6) is 0.919. The molecule has 7 nitrogen and oxygen atoms in total. The predicted octanol–water partition coefficient (Wildman–Crippen LogP) is 4.28. The number of nitrogens with two attached hydrogens (primary N) is 1. The number of nitrogen functional groups attached to an aromatic ring is 1. The van der Waals surface area contributed by atoms with Gasteiger partial charge in [0.25, 0.3) is 0 Å². The number of nitrogens with zero attached hydrogens (tertiary/aromatic N) is 4. The lowest BCUT2D eigenvalue weighted by Gasteiger charge is -2.36. The molecule has 8 heteroatoms. The summed E-state index contributed by atoms with van der Waals surface area (Å²) < 4.78 is 5.23. The quantitative estimate of drug-likeness (QED) is 0.669. The Balaban J connectivity index is 1.70. The average molecular weight is 426 g/mol. The van der Waals surface area contributed by atoms with Crippen LogP contribution in [0.1, 0.15) is 48.0 Å². The number of halogens is 1. The van der Waals surface area contributed by atoms with Gasteiger partial charge in [-0.05, 0) is 50.8 Å². The number of anilines is 1. The van der Waals surface area contributed by atoms with Crippen LogP contribution in [0, 0.1) is 13.8 Å². The molecule has 1 aliphatic rings. The van der Waals surface area contributed by atoms with Crippen molar-refractivity contribution in [3.05, 3.63) is 58.2 Å². The number of hydrogen-bond acceptors (Lipinski definition) is 6. The maximum Gasteiger partial charge on any atom is 0.227 e. The van der Waals surface area contributed by atoms with Gasteiger partial charge in [-0.1, -0.05) is 28.9 Å². The van der Waals surface area contributed by atoms with Crippen LogP contribution in [-0.2, 0) is 11.2 Å². The van der Waals surface area contributed by atoms with Crippen LogP contribution in [0.4, 0.5) is 5.95 Å². The van der Waals surface area contributed by atoms with Crippen molar-refractivity contribution in [1.29, 1.82) is 0 Å². The van der Waals surface area contributed by atoms with E-state index in [0.29, 0.717) is 17.3 Å². The molecule has 2 aromatic heterocycles. The van der Waals surface area contributed by atoms with E-state index in [1.165, 1.54) is 0 Å². The van der Waals surface area contributed by atoms with Crippen LogP contribution < -0.4 is 5.73 Å². The number of likely N-dealkylation sites (tertiary alicyclic amines) is 1. The van der Waals surface area contributed by atoms with E-state index in [1.54, 1.807) is 6.20 Å². The van der Waals surface area contributed by atoms with Crippen molar-refractivity contribution in [1.82, 2.24) is 20.0 Å². The van der Waals surface area contributed by atoms with Gasteiger partial charge in [0.1, 0.15) is 5.76 Å². The Kier molecular flexibility index (Phi) is 5.72. The maximum atomic E-state index is 13.3. The summed E-state index contributed by atoms with van der Waals surface area (Å²) in [6.45, 7) is 4.37. The molecular formula is C22H24ClN5O2. The molecule has 1 unspecified atom stereocenters. The van der Waals surface area contributed by atoms with Gasteiger partial charge in [0, 0.05) is 28.9 Å². The number of hydrogen-bond donors (Lipinski definition) is 1. The molecule has 0 bridgehead atoms. The van der Waals surface area contributed by atoms with Crippen molar-refractivity contribution in [2.24, 2.45) is 0 Å². The highest BCUT2D eigenvalue weighted by Crippen LogP contribution is 2.36. The summed E-state index contributed by atoms with van der Waals surface area (Å²) in [7, 11) is 0. The summed E-state index contributed by atoms with van der Waals surface area (Å²) in [6.07, 6.45) is 4.79. The van der Waals surface area contributed by atoms with E-state index in [-0.39, 0.29) is 24.3 Å². The van der Waals surface area contributed by atoms with Gasteiger partial charge < -0.3 is 15.2 Å². The fourth-order valence-corrected chi connectivity index (χ4v) is 4.16. The summed E-state index contributed by atoms with van der Waals surface area (Å²) in [4.78, 5) is 24.0. The summed E-state index contributed by atoms with van der Waals surface area (Å²) in [5, 5.41) is 4.63. The molecular weight excluding hydrogens is 402 g/mol. The minimum absolute atomic E-state index is 0.0355. The number of aryl methyl sites for hydroxylation is 2. The van der Waals surface area contributed by atoms with E-state index in [0.717, 1.165) is 47.3 Å². The molecule has 0 spiro atoms. The Labute approximate surface area is 180 Å². The molecule has 3 heterocycles. The second-order valence-corrected chi connectivity index (χ2v) is 8.05. The first kappa shape index (κ1) is 20.3. The van der Waals surface area contributed by atoms with Crippen LogP contribution in [-0.4, -0.2) is 32.5 Å². The molecule has 1 saturated heterocycles. The number of rotatable bonds is 4. The Bertz CT molecular complexity index is 1040. The van der Waals surface area contributed by atoms with Gasteiger partial charge in [-0.3, -0.25) is 4.79 Å². The molecule has 1 amide bonds. The Hall–Kier alpha value is -2.93. The van der Waals surface area contributed by atoms with Gasteiger partial charge in [0.05, 0.1) is 23.9 Å². The summed E-state index contributed by atoms with van der Waals surface area (Å²) in [5.41, 5.74) is 10.1. The Morgan fingerprint density at radius 2 is 2.03 bits per heavy atom. The number of amides is 1. The molecule has 1 aliphatic heterocycles. The monoisotopic (exact) mass is 425 g/mol. The standard InChI is InChI=1S/C22H24ClN5O2/c1-13-17(14(2)30-27-13)11-20(29)28-10-4-3-5-19(28)21-18(12-25-22(24)26-21)15-6-8-16(23)9-7-15/h6-9,12,19H,3-5,10-11H2,1-2H3,(H2,24,25,26). The number of aromatic nitrogens is 3. The summed E-state index contributed by atoms with van der Waals surface area (Å²) in [6, 6.07) is 7.36. The minimum atomic E-state index is -0.164. The van der Waals surface area contributed by atoms with Crippen molar-refractivity contribution in [3.63, 3.8) is 0 Å². The van der Waals surface area contributed by atoms with Gasteiger partial charge in [-0.15, -0.1) is 0 Å². The van der Waals surface area contributed by atoms with Gasteiger partial charge >= 0.3 is 0 Å². The summed E-state index contributed by atoms with van der Waals surface area (Å²) >= 11 is 6.05. The van der Waals surface area contributed by atoms with Gasteiger partial charge in [-0.25, -0.2) is 9.97 Å². The molecule has 0 aliphatic carbocycles. The Morgan fingerprint density at radius 1 is 1.27 bits per heavy atom. The predicted molar refractivity (Wildman–Crippen MR) is 115 cm³/mol. The van der Waals surface area contributed by atoms with E-state index in [2.05, 4.69) is 15.1 Å². The highest BCUT2D eigenvalue weighted by atomic mass is 35.5. The molecule has 1 atom stereocenters. The van der Waals surface area contributed by atoms with Crippen LogP contribution in [0.2, 0.25) is 5.02 Å². The lowest BCUT2D eigenvalue weighted by atomic mass is 9.93. The zero-order chi connectivity index (χ0) is 21.3. The molecule has 3 aromatic rings. The SMILES string of the molecule is Cc1noc(C)c1CC(=O)N1CCCCC1c1nc(N)ncc1-c1ccc(Cl)cc1. The molecule has 1 aromatic carbocycles. The third kappa shape index (κ3) is 4.03. The molecule has 0 saturated carbocycles. The number of piperidine rings is 1. The molecule has 30 heavy (non-hydrogen) atoms. The lowest BCUT2D eigenvalue weighted by molar-refractivity contribution is -0.134. The molecule has 0 radical (unpaired) electrons. The zero-order valence-corrected chi connectivity index (χ0v) is 17.8. The molecule has 2 N–H and O–H groups in total. The fourth-order valence-electron chi connectivity index (χ4n) is 4.04. The lowest BCUT2D eigenvalue weighted by Crippen LogP contribution is -2.40.